The number of hydrogen-bond donors (Lipinski definition) is 1. The lowest BCUT2D eigenvalue weighted by Crippen LogP contribution is -2.20. The van der Waals surface area contributed by atoms with Crippen LogP contribution in [0, 0.1) is 6.92 Å². The molecule has 112 valence electrons. The number of phenols is 1. The lowest BCUT2D eigenvalue weighted by Gasteiger charge is -2.14. The molecule has 0 atom stereocenters. The Morgan fingerprint density at radius 2 is 2.24 bits per heavy atom. The van der Waals surface area contributed by atoms with Crippen LogP contribution >= 0.6 is 11.6 Å². The van der Waals surface area contributed by atoms with Gasteiger partial charge >= 0.3 is 0 Å². The van der Waals surface area contributed by atoms with E-state index in [9.17, 15) is 5.11 Å². The summed E-state index contributed by atoms with van der Waals surface area (Å²) in [4.78, 5) is 6.24. The summed E-state index contributed by atoms with van der Waals surface area (Å²) in [7, 11) is 1.97. The van der Waals surface area contributed by atoms with Gasteiger partial charge in [-0.25, -0.2) is 0 Å². The molecule has 6 heteroatoms. The van der Waals surface area contributed by atoms with Crippen LogP contribution in [0.2, 0.25) is 5.02 Å². The monoisotopic (exact) mass is 307 g/mol. The molecule has 21 heavy (non-hydrogen) atoms. The predicted octanol–water partition coefficient (Wildman–Crippen LogP) is 3.27. The first-order chi connectivity index (χ1) is 9.94. The van der Waals surface area contributed by atoms with Crippen molar-refractivity contribution >= 4 is 17.7 Å². The second-order valence-electron chi connectivity index (χ2n) is 5.10. The van der Waals surface area contributed by atoms with Gasteiger partial charge in [0.25, 0.3) is 0 Å². The summed E-state index contributed by atoms with van der Waals surface area (Å²) in [6.45, 7) is 5.09. The van der Waals surface area contributed by atoms with E-state index in [-0.39, 0.29) is 5.75 Å². The summed E-state index contributed by atoms with van der Waals surface area (Å²) >= 11 is 5.94. The first-order valence-electron chi connectivity index (χ1n) is 6.57. The van der Waals surface area contributed by atoms with Gasteiger partial charge in [-0.15, -0.1) is 0 Å². The molecule has 0 amide bonds. The van der Waals surface area contributed by atoms with Gasteiger partial charge in [-0.1, -0.05) is 28.4 Å². The third-order valence-electron chi connectivity index (χ3n) is 2.89. The van der Waals surface area contributed by atoms with Crippen molar-refractivity contribution in [3.8, 4) is 5.75 Å². The van der Waals surface area contributed by atoms with E-state index in [1.807, 2.05) is 20.0 Å². The summed E-state index contributed by atoms with van der Waals surface area (Å²) in [5, 5.41) is 14.3. The zero-order chi connectivity index (χ0) is 15.4. The van der Waals surface area contributed by atoms with Crippen LogP contribution in [0.3, 0.4) is 0 Å². The fourth-order valence-corrected chi connectivity index (χ4v) is 2.26. The van der Waals surface area contributed by atoms with E-state index < -0.39 is 0 Å². The van der Waals surface area contributed by atoms with Crippen LogP contribution in [-0.2, 0) is 6.54 Å². The van der Waals surface area contributed by atoms with E-state index in [0.717, 1.165) is 12.1 Å². The van der Waals surface area contributed by atoms with Gasteiger partial charge in [-0.2, -0.15) is 4.98 Å². The van der Waals surface area contributed by atoms with Gasteiger partial charge in [0.05, 0.1) is 6.54 Å². The van der Waals surface area contributed by atoms with Crippen molar-refractivity contribution < 1.29 is 9.63 Å². The maximum atomic E-state index is 9.81. The molecule has 1 aromatic carbocycles. The smallest absolute Gasteiger partial charge is 0.223 e. The van der Waals surface area contributed by atoms with Gasteiger partial charge in [0.1, 0.15) is 5.75 Å². The van der Waals surface area contributed by atoms with Crippen molar-refractivity contribution in [3.05, 3.63) is 46.1 Å². The minimum atomic E-state index is 0.218. The maximum Gasteiger partial charge on any atom is 0.223 e. The van der Waals surface area contributed by atoms with Crippen LogP contribution in [0.15, 0.2) is 28.3 Å². The van der Waals surface area contributed by atoms with Crippen LogP contribution in [0.4, 0.5) is 0 Å². The molecule has 0 fully saturated rings. The van der Waals surface area contributed by atoms with Crippen LogP contribution in [0.25, 0.3) is 6.08 Å². The zero-order valence-electron chi connectivity index (χ0n) is 12.3. The molecule has 2 rings (SSSR count). The topological polar surface area (TPSA) is 62.4 Å². The molecule has 5 nitrogen and oxygen atoms in total. The highest BCUT2D eigenvalue weighted by molar-refractivity contribution is 6.30. The van der Waals surface area contributed by atoms with Crippen LogP contribution in [0.5, 0.6) is 5.75 Å². The number of rotatable bonds is 5. The summed E-state index contributed by atoms with van der Waals surface area (Å²) in [5.41, 5.74) is 1.80. The molecule has 1 N–H and O–H groups in total. The highest BCUT2D eigenvalue weighted by Crippen LogP contribution is 2.24. The highest BCUT2D eigenvalue weighted by Gasteiger charge is 2.07. The van der Waals surface area contributed by atoms with Crippen LogP contribution in [0.1, 0.15) is 24.2 Å². The maximum absolute atomic E-state index is 9.81. The Hall–Kier alpha value is -1.85. The second-order valence-corrected chi connectivity index (χ2v) is 5.53. The molecule has 0 aliphatic heterocycles. The predicted molar refractivity (Wildman–Crippen MR) is 82.1 cm³/mol. The van der Waals surface area contributed by atoms with Gasteiger partial charge in [-0.05, 0) is 32.2 Å². The minimum Gasteiger partial charge on any atom is -0.507 e. The average Bonchev–Trinajstić information content (AvgIpc) is 2.79. The fraction of sp³-hybridized carbons (Fsp3) is 0.333. The van der Waals surface area contributed by atoms with Crippen molar-refractivity contribution in [1.29, 1.82) is 0 Å². The number of phenolic OH excluding ortho intramolecular Hbond substituents is 1. The summed E-state index contributed by atoms with van der Waals surface area (Å²) in [6, 6.07) is 4.99. The number of likely N-dealkylation sites (N-methyl/N-ethyl adjacent to an activating group) is 1. The second kappa shape index (κ2) is 6.74. The van der Waals surface area contributed by atoms with Gasteiger partial charge in [0.15, 0.2) is 5.82 Å². The van der Waals surface area contributed by atoms with Crippen molar-refractivity contribution in [1.82, 2.24) is 15.0 Å². The lowest BCUT2D eigenvalue weighted by molar-refractivity contribution is 0.329. The third kappa shape index (κ3) is 4.58. The van der Waals surface area contributed by atoms with Gasteiger partial charge in [0, 0.05) is 24.1 Å². The Balaban J connectivity index is 2.01. The largest absolute Gasteiger partial charge is 0.507 e. The normalized spacial score (nSPS) is 12.1. The molecular weight excluding hydrogens is 290 g/mol. The van der Waals surface area contributed by atoms with Crippen molar-refractivity contribution in [2.45, 2.75) is 20.4 Å². The Bertz CT molecular complexity index is 652. The molecule has 0 spiro atoms. The van der Waals surface area contributed by atoms with Crippen molar-refractivity contribution in [3.63, 3.8) is 0 Å². The Morgan fingerprint density at radius 3 is 2.90 bits per heavy atom. The number of aromatic hydroxyl groups is 1. The number of benzene rings is 1. The molecular formula is C15H18ClN3O2. The van der Waals surface area contributed by atoms with Crippen LogP contribution < -0.4 is 0 Å². The molecule has 0 bridgehead atoms. The fourth-order valence-electron chi connectivity index (χ4n) is 2.08. The van der Waals surface area contributed by atoms with E-state index in [2.05, 4.69) is 15.0 Å². The SMILES string of the molecule is C/C(=C\c1cc(Cl)ccc1O)CN(C)Cc1noc(C)n1. The van der Waals surface area contributed by atoms with E-state index in [1.54, 1.807) is 25.1 Å². The molecule has 0 saturated heterocycles. The first kappa shape index (κ1) is 15.5. The van der Waals surface area contributed by atoms with Gasteiger partial charge < -0.3 is 9.63 Å². The van der Waals surface area contributed by atoms with Gasteiger partial charge in [0.2, 0.25) is 5.89 Å². The van der Waals surface area contributed by atoms with Gasteiger partial charge in [-0.3, -0.25) is 4.90 Å². The zero-order valence-corrected chi connectivity index (χ0v) is 13.1. The first-order valence-corrected chi connectivity index (χ1v) is 6.95. The van der Waals surface area contributed by atoms with Crippen molar-refractivity contribution in [2.75, 3.05) is 13.6 Å². The van der Waals surface area contributed by atoms with E-state index in [0.29, 0.717) is 28.8 Å². The Morgan fingerprint density at radius 1 is 1.48 bits per heavy atom. The molecule has 0 saturated carbocycles. The molecule has 0 unspecified atom stereocenters. The average molecular weight is 308 g/mol. The molecule has 0 aliphatic rings. The number of aromatic nitrogens is 2. The number of hydrogen-bond acceptors (Lipinski definition) is 5. The Labute approximate surface area is 128 Å². The van der Waals surface area contributed by atoms with Crippen molar-refractivity contribution in [2.24, 2.45) is 0 Å². The summed E-state index contributed by atoms with van der Waals surface area (Å²) in [6.07, 6.45) is 1.92. The number of nitrogens with zero attached hydrogens (tertiary/aromatic N) is 3. The standard InChI is InChI=1S/C15H18ClN3O2/c1-10(6-12-7-13(16)4-5-14(12)20)8-19(3)9-15-17-11(2)21-18-15/h4-7,20H,8-9H2,1-3H3/b10-6+. The molecule has 0 aliphatic carbocycles. The molecule has 1 aromatic heterocycles. The van der Waals surface area contributed by atoms with Crippen LogP contribution in [-0.4, -0.2) is 33.7 Å². The third-order valence-corrected chi connectivity index (χ3v) is 3.13. The Kier molecular flexibility index (Phi) is 4.98. The molecule has 0 radical (unpaired) electrons. The van der Waals surface area contributed by atoms with E-state index in [4.69, 9.17) is 16.1 Å². The highest BCUT2D eigenvalue weighted by atomic mass is 35.5. The summed E-state index contributed by atoms with van der Waals surface area (Å²) in [5.74, 6) is 1.44. The quantitative estimate of drug-likeness (QED) is 0.918. The minimum absolute atomic E-state index is 0.218. The lowest BCUT2D eigenvalue weighted by atomic mass is 10.1. The van der Waals surface area contributed by atoms with E-state index >= 15 is 0 Å². The number of halogens is 1. The number of aryl methyl sites for hydroxylation is 1. The molecule has 2 aromatic rings. The molecule has 1 heterocycles. The van der Waals surface area contributed by atoms with E-state index in [1.165, 1.54) is 0 Å². The summed E-state index contributed by atoms with van der Waals surface area (Å²) < 4.78 is 4.94.